The minimum atomic E-state index is -0.527. The second kappa shape index (κ2) is 7.13. The molecule has 6 rings (SSSR count). The van der Waals surface area contributed by atoms with Crippen molar-refractivity contribution in [1.29, 1.82) is 0 Å². The van der Waals surface area contributed by atoms with Gasteiger partial charge in [-0.25, -0.2) is 5.01 Å². The van der Waals surface area contributed by atoms with E-state index >= 15 is 0 Å². The molecule has 0 spiro atoms. The Bertz CT molecular complexity index is 1280. The van der Waals surface area contributed by atoms with Crippen LogP contribution in [0.15, 0.2) is 65.8 Å². The van der Waals surface area contributed by atoms with Crippen LogP contribution in [0.4, 0.5) is 5.69 Å². The van der Waals surface area contributed by atoms with E-state index in [2.05, 4.69) is 0 Å². The van der Waals surface area contributed by atoms with Gasteiger partial charge in [-0.1, -0.05) is 11.6 Å². The third-order valence-electron chi connectivity index (χ3n) is 5.85. The van der Waals surface area contributed by atoms with Crippen molar-refractivity contribution in [2.24, 2.45) is 5.10 Å². The molecule has 32 heavy (non-hydrogen) atoms. The van der Waals surface area contributed by atoms with Gasteiger partial charge in [-0.3, -0.25) is 10.1 Å². The van der Waals surface area contributed by atoms with E-state index in [1.807, 2.05) is 35.3 Å². The van der Waals surface area contributed by atoms with Crippen LogP contribution >= 0.6 is 11.6 Å². The van der Waals surface area contributed by atoms with Gasteiger partial charge in [0, 0.05) is 40.3 Å². The van der Waals surface area contributed by atoms with E-state index in [9.17, 15) is 10.1 Å². The number of rotatable bonds is 3. The summed E-state index contributed by atoms with van der Waals surface area (Å²) in [6.07, 6.45) is 0.126. The van der Waals surface area contributed by atoms with Crippen LogP contribution in [0, 0.1) is 10.1 Å². The Balaban J connectivity index is 1.42. The monoisotopic (exact) mass is 449 g/mol. The summed E-state index contributed by atoms with van der Waals surface area (Å²) in [5.74, 6) is 2.14. The highest BCUT2D eigenvalue weighted by Crippen LogP contribution is 2.48. The Hall–Kier alpha value is -3.78. The highest BCUT2D eigenvalue weighted by Gasteiger charge is 2.41. The lowest BCUT2D eigenvalue weighted by atomic mass is 9.95. The zero-order valence-electron chi connectivity index (χ0n) is 16.6. The number of non-ortho nitro benzene ring substituents is 1. The Kier molecular flexibility index (Phi) is 4.22. The molecule has 0 aromatic heterocycles. The molecule has 3 aliphatic heterocycles. The van der Waals surface area contributed by atoms with Crippen LogP contribution in [-0.2, 0) is 0 Å². The molecule has 0 radical (unpaired) electrons. The molecule has 9 heteroatoms. The number of hydrogen-bond donors (Lipinski definition) is 0. The van der Waals surface area contributed by atoms with Crippen LogP contribution in [0.2, 0.25) is 5.02 Å². The van der Waals surface area contributed by atoms with Crippen molar-refractivity contribution in [3.05, 3.63) is 92.5 Å². The maximum absolute atomic E-state index is 11.1. The molecule has 0 N–H and O–H groups in total. The van der Waals surface area contributed by atoms with Gasteiger partial charge in [-0.05, 0) is 48.5 Å². The lowest BCUT2D eigenvalue weighted by Crippen LogP contribution is -2.33. The number of nitro groups is 1. The first-order valence-electron chi connectivity index (χ1n) is 10.0. The first-order chi connectivity index (χ1) is 15.6. The van der Waals surface area contributed by atoms with Crippen molar-refractivity contribution in [3.8, 4) is 17.2 Å². The van der Waals surface area contributed by atoms with E-state index < -0.39 is 11.2 Å². The molecule has 3 heterocycles. The van der Waals surface area contributed by atoms with Crippen molar-refractivity contribution in [2.45, 2.75) is 18.7 Å². The molecule has 0 fully saturated rings. The minimum absolute atomic E-state index is 0.0271. The summed E-state index contributed by atoms with van der Waals surface area (Å²) in [4.78, 5) is 10.6. The van der Waals surface area contributed by atoms with Gasteiger partial charge in [0.2, 0.25) is 13.0 Å². The highest BCUT2D eigenvalue weighted by atomic mass is 35.5. The molecule has 3 aromatic rings. The fourth-order valence-corrected chi connectivity index (χ4v) is 4.47. The first-order valence-corrected chi connectivity index (χ1v) is 10.4. The summed E-state index contributed by atoms with van der Waals surface area (Å²) in [5, 5.41) is 18.5. The lowest BCUT2D eigenvalue weighted by Gasteiger charge is -2.38. The minimum Gasteiger partial charge on any atom is -0.464 e. The maximum Gasteiger partial charge on any atom is 0.269 e. The summed E-state index contributed by atoms with van der Waals surface area (Å²) in [5.41, 5.74) is 3.58. The van der Waals surface area contributed by atoms with Gasteiger partial charge in [-0.15, -0.1) is 0 Å². The Morgan fingerprint density at radius 1 is 1.00 bits per heavy atom. The van der Waals surface area contributed by atoms with Gasteiger partial charge in [0.15, 0.2) is 11.5 Å². The van der Waals surface area contributed by atoms with E-state index in [0.717, 1.165) is 28.2 Å². The summed E-state index contributed by atoms with van der Waals surface area (Å²) in [7, 11) is 0. The summed E-state index contributed by atoms with van der Waals surface area (Å²) >= 11 is 6.28. The van der Waals surface area contributed by atoms with Gasteiger partial charge in [-0.2, -0.15) is 5.10 Å². The third kappa shape index (κ3) is 3.03. The largest absolute Gasteiger partial charge is 0.464 e. The quantitative estimate of drug-likeness (QED) is 0.402. The van der Waals surface area contributed by atoms with Crippen molar-refractivity contribution in [1.82, 2.24) is 5.01 Å². The number of hydrazone groups is 1. The van der Waals surface area contributed by atoms with Crippen LogP contribution < -0.4 is 14.2 Å². The molecule has 0 amide bonds. The van der Waals surface area contributed by atoms with E-state index in [1.165, 1.54) is 12.1 Å². The summed E-state index contributed by atoms with van der Waals surface area (Å²) in [6, 6.07) is 17.6. The van der Waals surface area contributed by atoms with Crippen molar-refractivity contribution < 1.29 is 19.1 Å². The van der Waals surface area contributed by atoms with Gasteiger partial charge in [0.25, 0.3) is 5.69 Å². The van der Waals surface area contributed by atoms with E-state index in [1.54, 1.807) is 18.2 Å². The SMILES string of the molecule is O=[N+]([O-])c1ccc(C2Oc3ccc(Cl)cc3C3CC(c4ccc5c(c4)OCO5)=NN32)cc1. The Labute approximate surface area is 187 Å². The molecule has 3 aromatic carbocycles. The molecular formula is C23H16ClN3O5. The lowest BCUT2D eigenvalue weighted by molar-refractivity contribution is -0.384. The summed E-state index contributed by atoms with van der Waals surface area (Å²) < 4.78 is 17.2. The average molecular weight is 450 g/mol. The van der Waals surface area contributed by atoms with Gasteiger partial charge < -0.3 is 14.2 Å². The number of ether oxygens (including phenoxy) is 3. The third-order valence-corrected chi connectivity index (χ3v) is 6.08. The Morgan fingerprint density at radius 2 is 1.78 bits per heavy atom. The molecule has 2 unspecified atom stereocenters. The predicted octanol–water partition coefficient (Wildman–Crippen LogP) is 5.22. The molecule has 0 saturated carbocycles. The fourth-order valence-electron chi connectivity index (χ4n) is 4.29. The second-order valence-electron chi connectivity index (χ2n) is 7.72. The van der Waals surface area contributed by atoms with Gasteiger partial charge in [0.1, 0.15) is 5.75 Å². The summed E-state index contributed by atoms with van der Waals surface area (Å²) in [6.45, 7) is 0.210. The molecular weight excluding hydrogens is 434 g/mol. The van der Waals surface area contributed by atoms with Gasteiger partial charge >= 0.3 is 0 Å². The topological polar surface area (TPSA) is 86.4 Å². The number of nitrogens with zero attached hydrogens (tertiary/aromatic N) is 3. The number of nitro benzene ring substituents is 1. The predicted molar refractivity (Wildman–Crippen MR) is 116 cm³/mol. The standard InChI is InChI=1S/C23H16ClN3O5/c24-15-4-8-20-17(10-15)19-11-18(14-3-7-21-22(9-14)31-12-30-21)25-26(19)23(32-20)13-1-5-16(6-2-13)27(28)29/h1-10,19,23H,11-12H2. The second-order valence-corrected chi connectivity index (χ2v) is 8.15. The zero-order chi connectivity index (χ0) is 21.8. The molecule has 0 bridgehead atoms. The smallest absolute Gasteiger partial charge is 0.269 e. The highest BCUT2D eigenvalue weighted by molar-refractivity contribution is 6.30. The first kappa shape index (κ1) is 18.9. The average Bonchev–Trinajstić information content (AvgIpc) is 3.45. The molecule has 160 valence electrons. The number of hydrogen-bond acceptors (Lipinski definition) is 7. The molecule has 2 atom stereocenters. The zero-order valence-corrected chi connectivity index (χ0v) is 17.4. The van der Waals surface area contributed by atoms with Crippen LogP contribution in [0.1, 0.15) is 35.4 Å². The molecule has 0 aliphatic carbocycles. The van der Waals surface area contributed by atoms with Crippen LogP contribution in [-0.4, -0.2) is 22.4 Å². The van der Waals surface area contributed by atoms with E-state index in [4.69, 9.17) is 30.9 Å². The van der Waals surface area contributed by atoms with Crippen molar-refractivity contribution in [3.63, 3.8) is 0 Å². The molecule has 8 nitrogen and oxygen atoms in total. The van der Waals surface area contributed by atoms with E-state index in [-0.39, 0.29) is 18.5 Å². The number of fused-ring (bicyclic) bond motifs is 4. The van der Waals surface area contributed by atoms with Crippen molar-refractivity contribution in [2.75, 3.05) is 6.79 Å². The Morgan fingerprint density at radius 3 is 2.59 bits per heavy atom. The van der Waals surface area contributed by atoms with Crippen LogP contribution in [0.5, 0.6) is 17.2 Å². The maximum atomic E-state index is 11.1. The molecule has 0 saturated heterocycles. The van der Waals surface area contributed by atoms with Crippen LogP contribution in [0.3, 0.4) is 0 Å². The fraction of sp³-hybridized carbons (Fsp3) is 0.174. The van der Waals surface area contributed by atoms with E-state index in [0.29, 0.717) is 22.9 Å². The number of benzene rings is 3. The van der Waals surface area contributed by atoms with Gasteiger partial charge in [0.05, 0.1) is 16.7 Å². The number of halogens is 1. The molecule has 3 aliphatic rings. The van der Waals surface area contributed by atoms with Crippen LogP contribution in [0.25, 0.3) is 0 Å². The normalized spacial score (nSPS) is 20.3. The van der Waals surface area contributed by atoms with Crippen molar-refractivity contribution >= 4 is 23.0 Å².